The molecular formula is C27H21FN4O2S. The van der Waals surface area contributed by atoms with Gasteiger partial charge in [-0.15, -0.1) is 0 Å². The summed E-state index contributed by atoms with van der Waals surface area (Å²) in [6.45, 7) is 0. The summed E-state index contributed by atoms with van der Waals surface area (Å²) >= 11 is 0. The van der Waals surface area contributed by atoms with Crippen LogP contribution in [0.3, 0.4) is 0 Å². The molecule has 0 aliphatic rings. The van der Waals surface area contributed by atoms with Crippen LogP contribution in [0.15, 0.2) is 114 Å². The smallest absolute Gasteiger partial charge is 0.261 e. The first-order valence-corrected chi connectivity index (χ1v) is 12.3. The number of aromatic nitrogens is 1. The Morgan fingerprint density at radius 1 is 0.657 bits per heavy atom. The molecule has 0 spiro atoms. The first-order chi connectivity index (χ1) is 17.0. The van der Waals surface area contributed by atoms with Crippen molar-refractivity contribution in [2.75, 3.05) is 15.4 Å². The highest BCUT2D eigenvalue weighted by Gasteiger charge is 2.15. The number of rotatable bonds is 7. The average Bonchev–Trinajstić information content (AvgIpc) is 2.85. The van der Waals surface area contributed by atoms with Gasteiger partial charge < -0.3 is 10.6 Å². The van der Waals surface area contributed by atoms with Crippen LogP contribution in [0, 0.1) is 5.82 Å². The van der Waals surface area contributed by atoms with Crippen LogP contribution in [0.1, 0.15) is 0 Å². The van der Waals surface area contributed by atoms with Crippen molar-refractivity contribution < 1.29 is 12.8 Å². The summed E-state index contributed by atoms with van der Waals surface area (Å²) in [6, 6.07) is 29.2. The van der Waals surface area contributed by atoms with Gasteiger partial charge in [-0.2, -0.15) is 0 Å². The van der Waals surface area contributed by atoms with E-state index < -0.39 is 10.0 Å². The van der Waals surface area contributed by atoms with Gasteiger partial charge in [0.1, 0.15) is 5.82 Å². The molecule has 0 unspecified atom stereocenters. The zero-order valence-corrected chi connectivity index (χ0v) is 19.3. The third kappa shape index (κ3) is 5.23. The minimum Gasteiger partial charge on any atom is -0.355 e. The minimum atomic E-state index is -3.86. The molecule has 0 amide bonds. The highest BCUT2D eigenvalue weighted by atomic mass is 32.2. The molecule has 1 heterocycles. The Morgan fingerprint density at radius 2 is 1.37 bits per heavy atom. The van der Waals surface area contributed by atoms with Gasteiger partial charge in [0, 0.05) is 34.3 Å². The molecular weight excluding hydrogens is 463 g/mol. The van der Waals surface area contributed by atoms with Crippen molar-refractivity contribution in [3.63, 3.8) is 0 Å². The molecule has 4 aromatic carbocycles. The van der Waals surface area contributed by atoms with E-state index in [-0.39, 0.29) is 10.7 Å². The molecule has 6 nitrogen and oxygen atoms in total. The maximum Gasteiger partial charge on any atom is 0.261 e. The van der Waals surface area contributed by atoms with Gasteiger partial charge in [-0.1, -0.05) is 30.3 Å². The first-order valence-electron chi connectivity index (χ1n) is 10.8. The van der Waals surface area contributed by atoms with Gasteiger partial charge in [0.15, 0.2) is 0 Å². The van der Waals surface area contributed by atoms with Crippen molar-refractivity contribution in [1.82, 2.24) is 4.98 Å². The maximum atomic E-state index is 13.8. The second-order valence-electron chi connectivity index (χ2n) is 7.85. The second kappa shape index (κ2) is 9.44. The van der Waals surface area contributed by atoms with E-state index in [4.69, 9.17) is 0 Å². The molecule has 0 saturated heterocycles. The number of para-hydroxylation sites is 1. The Morgan fingerprint density at radius 3 is 2.20 bits per heavy atom. The minimum absolute atomic E-state index is 0.0912. The van der Waals surface area contributed by atoms with Crippen LogP contribution in [0.4, 0.5) is 32.8 Å². The van der Waals surface area contributed by atoms with Crippen LogP contribution in [0.25, 0.3) is 10.9 Å². The third-order valence-corrected chi connectivity index (χ3v) is 6.68. The van der Waals surface area contributed by atoms with Crippen LogP contribution in [0.5, 0.6) is 0 Å². The van der Waals surface area contributed by atoms with E-state index in [9.17, 15) is 12.8 Å². The Bertz CT molecular complexity index is 1610. The van der Waals surface area contributed by atoms with E-state index in [1.165, 1.54) is 24.3 Å². The summed E-state index contributed by atoms with van der Waals surface area (Å²) in [7, 11) is -3.86. The second-order valence-corrected chi connectivity index (χ2v) is 9.53. The largest absolute Gasteiger partial charge is 0.355 e. The SMILES string of the molecule is O=S(=O)(Nc1cccc(Nc2ccccc2)c1)c1cccc(Nc2ccnc3ccc(F)cc23)c1. The summed E-state index contributed by atoms with van der Waals surface area (Å²) in [5.41, 5.74) is 3.88. The van der Waals surface area contributed by atoms with Crippen LogP contribution in [-0.4, -0.2) is 13.4 Å². The van der Waals surface area contributed by atoms with Gasteiger partial charge in [0.25, 0.3) is 10.0 Å². The number of anilines is 5. The number of halogens is 1. The Balaban J connectivity index is 1.38. The van der Waals surface area contributed by atoms with Gasteiger partial charge in [-0.25, -0.2) is 12.8 Å². The molecule has 5 aromatic rings. The summed E-state index contributed by atoms with van der Waals surface area (Å²) in [4.78, 5) is 4.34. The van der Waals surface area contributed by atoms with Crippen molar-refractivity contribution in [3.8, 4) is 0 Å². The molecule has 35 heavy (non-hydrogen) atoms. The molecule has 0 saturated carbocycles. The summed E-state index contributed by atoms with van der Waals surface area (Å²) in [5, 5.41) is 7.02. The molecule has 0 radical (unpaired) electrons. The van der Waals surface area contributed by atoms with Gasteiger partial charge in [-0.3, -0.25) is 9.71 Å². The monoisotopic (exact) mass is 484 g/mol. The van der Waals surface area contributed by atoms with Crippen molar-refractivity contribution in [1.29, 1.82) is 0 Å². The third-order valence-electron chi connectivity index (χ3n) is 5.30. The number of pyridine rings is 1. The van der Waals surface area contributed by atoms with E-state index in [2.05, 4.69) is 20.3 Å². The predicted octanol–water partition coefficient (Wildman–Crippen LogP) is 6.66. The molecule has 0 aliphatic carbocycles. The number of hydrogen-bond acceptors (Lipinski definition) is 5. The summed E-state index contributed by atoms with van der Waals surface area (Å²) in [5.74, 6) is -0.377. The molecule has 0 bridgehead atoms. The van der Waals surface area contributed by atoms with Gasteiger partial charge in [-0.05, 0) is 72.8 Å². The number of hydrogen-bond donors (Lipinski definition) is 3. The van der Waals surface area contributed by atoms with Gasteiger partial charge >= 0.3 is 0 Å². The van der Waals surface area contributed by atoms with Crippen molar-refractivity contribution in [2.45, 2.75) is 4.90 Å². The number of nitrogens with zero attached hydrogens (tertiary/aromatic N) is 1. The fourth-order valence-electron chi connectivity index (χ4n) is 3.69. The molecule has 8 heteroatoms. The fourth-order valence-corrected chi connectivity index (χ4v) is 4.78. The Hall–Kier alpha value is -4.43. The highest BCUT2D eigenvalue weighted by molar-refractivity contribution is 7.92. The molecule has 0 atom stereocenters. The lowest BCUT2D eigenvalue weighted by atomic mass is 10.1. The summed E-state index contributed by atoms with van der Waals surface area (Å²) < 4.78 is 42.6. The van der Waals surface area contributed by atoms with E-state index in [1.807, 2.05) is 36.4 Å². The Kier molecular flexibility index (Phi) is 6.03. The molecule has 174 valence electrons. The molecule has 0 aliphatic heterocycles. The highest BCUT2D eigenvalue weighted by Crippen LogP contribution is 2.28. The van der Waals surface area contributed by atoms with E-state index in [1.54, 1.807) is 48.7 Å². The normalized spacial score (nSPS) is 11.2. The topological polar surface area (TPSA) is 83.1 Å². The number of sulfonamides is 1. The maximum absolute atomic E-state index is 13.8. The number of fused-ring (bicyclic) bond motifs is 1. The van der Waals surface area contributed by atoms with E-state index in [0.29, 0.717) is 28.0 Å². The van der Waals surface area contributed by atoms with Crippen molar-refractivity contribution >= 4 is 49.4 Å². The van der Waals surface area contributed by atoms with E-state index in [0.717, 1.165) is 11.4 Å². The van der Waals surface area contributed by atoms with Crippen LogP contribution < -0.4 is 15.4 Å². The van der Waals surface area contributed by atoms with E-state index >= 15 is 0 Å². The van der Waals surface area contributed by atoms with Crippen LogP contribution >= 0.6 is 0 Å². The molecule has 5 rings (SSSR count). The summed E-state index contributed by atoms with van der Waals surface area (Å²) in [6.07, 6.45) is 1.61. The zero-order chi connectivity index (χ0) is 24.3. The molecule has 1 aromatic heterocycles. The van der Waals surface area contributed by atoms with Crippen LogP contribution in [-0.2, 0) is 10.0 Å². The van der Waals surface area contributed by atoms with Gasteiger partial charge in [0.05, 0.1) is 16.1 Å². The first kappa shape index (κ1) is 22.4. The van der Waals surface area contributed by atoms with Crippen molar-refractivity contribution in [3.05, 3.63) is 115 Å². The standard InChI is InChI=1S/C27H21FN4O2S/c28-19-12-13-26-25(16-19)27(14-15-29-26)31-22-9-5-11-24(18-22)35(33,34)32-23-10-4-8-21(17-23)30-20-6-2-1-3-7-20/h1-18,30,32H,(H,29,31). The Labute approximate surface area is 202 Å². The fraction of sp³-hybridized carbons (Fsp3) is 0. The lowest BCUT2D eigenvalue weighted by Gasteiger charge is -2.13. The molecule has 3 N–H and O–H groups in total. The number of nitrogens with one attached hydrogen (secondary N) is 3. The predicted molar refractivity (Wildman–Crippen MR) is 138 cm³/mol. The quantitative estimate of drug-likeness (QED) is 0.241. The van der Waals surface area contributed by atoms with Crippen molar-refractivity contribution in [2.24, 2.45) is 0 Å². The lowest BCUT2D eigenvalue weighted by Crippen LogP contribution is -2.13. The number of benzene rings is 4. The molecule has 0 fully saturated rings. The zero-order valence-electron chi connectivity index (χ0n) is 18.4. The van der Waals surface area contributed by atoms with Crippen LogP contribution in [0.2, 0.25) is 0 Å². The average molecular weight is 485 g/mol. The lowest BCUT2D eigenvalue weighted by molar-refractivity contribution is 0.601. The van der Waals surface area contributed by atoms with Gasteiger partial charge in [0.2, 0.25) is 0 Å².